The van der Waals surface area contributed by atoms with Crippen LogP contribution in [0.3, 0.4) is 0 Å². The van der Waals surface area contributed by atoms with E-state index in [2.05, 4.69) is 30.9 Å². The minimum Gasteiger partial charge on any atom is -0.374 e. The van der Waals surface area contributed by atoms with Gasteiger partial charge in [-0.3, -0.25) is 0 Å². The van der Waals surface area contributed by atoms with E-state index in [1.165, 1.54) is 50.0 Å². The first kappa shape index (κ1) is 14.2. The van der Waals surface area contributed by atoms with Gasteiger partial charge in [0.1, 0.15) is 0 Å². The van der Waals surface area contributed by atoms with E-state index in [0.29, 0.717) is 6.04 Å². The summed E-state index contributed by atoms with van der Waals surface area (Å²) in [6, 6.07) is 1.47. The predicted molar refractivity (Wildman–Crippen MR) is 82.7 cm³/mol. The van der Waals surface area contributed by atoms with Crippen LogP contribution in [-0.4, -0.2) is 35.8 Å². The molecule has 0 aromatic carbocycles. The Balaban J connectivity index is 1.52. The molecule has 5 unspecified atom stereocenters. The monoisotopic (exact) mass is 283 g/mol. The van der Waals surface area contributed by atoms with E-state index in [1.54, 1.807) is 0 Å². The molecule has 2 saturated heterocycles. The lowest BCUT2D eigenvalue weighted by Crippen LogP contribution is -2.51. The summed E-state index contributed by atoms with van der Waals surface area (Å²) in [5, 5.41) is 3.97. The smallest absolute Gasteiger partial charge is 0.0795 e. The van der Waals surface area contributed by atoms with Gasteiger partial charge in [0, 0.05) is 24.4 Å². The van der Waals surface area contributed by atoms with Crippen molar-refractivity contribution >= 4 is 11.8 Å². The van der Waals surface area contributed by atoms with Crippen molar-refractivity contribution in [2.24, 2.45) is 11.8 Å². The lowest BCUT2D eigenvalue weighted by atomic mass is 9.78. The van der Waals surface area contributed by atoms with E-state index in [9.17, 15) is 0 Å². The van der Waals surface area contributed by atoms with Crippen LogP contribution in [0.2, 0.25) is 0 Å². The third-order valence-corrected chi connectivity index (χ3v) is 6.85. The molecule has 0 aromatic heterocycles. The molecule has 1 aliphatic carbocycles. The molecule has 2 heterocycles. The summed E-state index contributed by atoms with van der Waals surface area (Å²) < 4.78 is 6.12. The third-order valence-electron chi connectivity index (χ3n) is 5.63. The first-order chi connectivity index (χ1) is 9.17. The topological polar surface area (TPSA) is 21.3 Å². The van der Waals surface area contributed by atoms with Crippen molar-refractivity contribution in [3.05, 3.63) is 0 Å². The molecule has 1 saturated carbocycles. The van der Waals surface area contributed by atoms with Crippen LogP contribution in [0, 0.1) is 11.8 Å². The van der Waals surface area contributed by atoms with Gasteiger partial charge < -0.3 is 10.1 Å². The zero-order valence-corrected chi connectivity index (χ0v) is 13.3. The van der Waals surface area contributed by atoms with Crippen LogP contribution in [0.25, 0.3) is 0 Å². The molecule has 3 fully saturated rings. The minimum atomic E-state index is 0.230. The number of ether oxygens (including phenoxy) is 1. The summed E-state index contributed by atoms with van der Waals surface area (Å²) in [5.74, 6) is 4.33. The van der Waals surface area contributed by atoms with Crippen molar-refractivity contribution in [1.82, 2.24) is 5.32 Å². The Morgan fingerprint density at radius 2 is 2.00 bits per heavy atom. The van der Waals surface area contributed by atoms with Crippen LogP contribution < -0.4 is 5.32 Å². The van der Waals surface area contributed by atoms with Gasteiger partial charge in [-0.15, -0.1) is 0 Å². The van der Waals surface area contributed by atoms with E-state index in [4.69, 9.17) is 4.74 Å². The number of nitrogens with one attached hydrogen (secondary N) is 1. The van der Waals surface area contributed by atoms with E-state index >= 15 is 0 Å². The van der Waals surface area contributed by atoms with Crippen LogP contribution in [0.1, 0.15) is 52.4 Å². The summed E-state index contributed by atoms with van der Waals surface area (Å²) >= 11 is 2.08. The molecule has 3 aliphatic rings. The van der Waals surface area contributed by atoms with Crippen LogP contribution in [-0.2, 0) is 4.74 Å². The molecule has 1 N–H and O–H groups in total. The molecule has 2 nitrogen and oxygen atoms in total. The second-order valence-electron chi connectivity index (χ2n) is 7.15. The van der Waals surface area contributed by atoms with Gasteiger partial charge in [0.05, 0.1) is 5.60 Å². The van der Waals surface area contributed by atoms with Gasteiger partial charge in [-0.05, 0) is 56.1 Å². The van der Waals surface area contributed by atoms with Crippen molar-refractivity contribution in [2.75, 3.05) is 18.1 Å². The fourth-order valence-corrected chi connectivity index (χ4v) is 5.44. The van der Waals surface area contributed by atoms with Gasteiger partial charge in [-0.25, -0.2) is 0 Å². The van der Waals surface area contributed by atoms with Gasteiger partial charge >= 0.3 is 0 Å². The van der Waals surface area contributed by atoms with Crippen molar-refractivity contribution in [2.45, 2.75) is 70.1 Å². The molecule has 0 aromatic rings. The van der Waals surface area contributed by atoms with E-state index in [-0.39, 0.29) is 5.60 Å². The molecular weight excluding hydrogens is 254 g/mol. The Bertz CT molecular complexity index is 303. The summed E-state index contributed by atoms with van der Waals surface area (Å²) in [6.45, 7) is 5.81. The van der Waals surface area contributed by atoms with Crippen molar-refractivity contribution < 1.29 is 4.74 Å². The van der Waals surface area contributed by atoms with Crippen LogP contribution >= 0.6 is 11.8 Å². The van der Waals surface area contributed by atoms with Crippen molar-refractivity contribution in [3.63, 3.8) is 0 Å². The first-order valence-corrected chi connectivity index (χ1v) is 9.30. The second kappa shape index (κ2) is 5.95. The Labute approximate surface area is 122 Å². The highest BCUT2D eigenvalue weighted by atomic mass is 32.2. The van der Waals surface area contributed by atoms with E-state index in [0.717, 1.165) is 24.5 Å². The molecule has 3 heteroatoms. The quantitative estimate of drug-likeness (QED) is 0.838. The second-order valence-corrected chi connectivity index (χ2v) is 8.26. The highest BCUT2D eigenvalue weighted by molar-refractivity contribution is 7.99. The summed E-state index contributed by atoms with van der Waals surface area (Å²) in [6.07, 6.45) is 7.90. The highest BCUT2D eigenvalue weighted by Gasteiger charge is 2.41. The molecule has 0 bridgehead atoms. The number of hydrogen-bond donors (Lipinski definition) is 1. The van der Waals surface area contributed by atoms with Gasteiger partial charge in [-0.1, -0.05) is 13.8 Å². The zero-order valence-electron chi connectivity index (χ0n) is 12.5. The fraction of sp³-hybridized carbons (Fsp3) is 1.00. The zero-order chi connectivity index (χ0) is 13.3. The van der Waals surface area contributed by atoms with Gasteiger partial charge in [0.25, 0.3) is 0 Å². The third kappa shape index (κ3) is 3.30. The number of thioether (sulfide) groups is 1. The molecule has 1 spiro atoms. The Kier molecular flexibility index (Phi) is 4.45. The molecule has 3 rings (SSSR count). The number of hydrogen-bond acceptors (Lipinski definition) is 3. The molecule has 110 valence electrons. The minimum absolute atomic E-state index is 0.230. The SMILES string of the molecule is CC1CCC(NC2CCOC3(CCSC3)C2)CC1C. The summed E-state index contributed by atoms with van der Waals surface area (Å²) in [7, 11) is 0. The molecule has 0 amide bonds. The van der Waals surface area contributed by atoms with Crippen LogP contribution in [0.4, 0.5) is 0 Å². The molecule has 2 aliphatic heterocycles. The van der Waals surface area contributed by atoms with Crippen LogP contribution in [0.15, 0.2) is 0 Å². The highest BCUT2D eigenvalue weighted by Crippen LogP contribution is 2.39. The standard InChI is InChI=1S/C16H29NOS/c1-12-3-4-14(9-13(12)2)17-15-5-7-18-16(10-15)6-8-19-11-16/h12-15,17H,3-11H2,1-2H3. The maximum atomic E-state index is 6.12. The summed E-state index contributed by atoms with van der Waals surface area (Å²) in [4.78, 5) is 0. The predicted octanol–water partition coefficient (Wildman–Crippen LogP) is 3.46. The Morgan fingerprint density at radius 3 is 2.74 bits per heavy atom. The largest absolute Gasteiger partial charge is 0.374 e. The normalized spacial score (nSPS) is 47.7. The molecule has 5 atom stereocenters. The average molecular weight is 283 g/mol. The maximum Gasteiger partial charge on any atom is 0.0795 e. The molecule has 0 radical (unpaired) electrons. The van der Waals surface area contributed by atoms with E-state index < -0.39 is 0 Å². The van der Waals surface area contributed by atoms with Crippen molar-refractivity contribution in [3.8, 4) is 0 Å². The van der Waals surface area contributed by atoms with Gasteiger partial charge in [0.15, 0.2) is 0 Å². The molecular formula is C16H29NOS. The van der Waals surface area contributed by atoms with E-state index in [1.807, 2.05) is 0 Å². The maximum absolute atomic E-state index is 6.12. The van der Waals surface area contributed by atoms with Gasteiger partial charge in [0.2, 0.25) is 0 Å². The lowest BCUT2D eigenvalue weighted by molar-refractivity contribution is -0.0721. The fourth-order valence-electron chi connectivity index (χ4n) is 4.07. The first-order valence-electron chi connectivity index (χ1n) is 8.15. The van der Waals surface area contributed by atoms with Gasteiger partial charge in [-0.2, -0.15) is 11.8 Å². The Morgan fingerprint density at radius 1 is 1.11 bits per heavy atom. The molecule has 19 heavy (non-hydrogen) atoms. The number of rotatable bonds is 2. The lowest BCUT2D eigenvalue weighted by Gasteiger charge is -2.41. The van der Waals surface area contributed by atoms with Crippen molar-refractivity contribution in [1.29, 1.82) is 0 Å². The average Bonchev–Trinajstić information content (AvgIpc) is 2.82. The summed E-state index contributed by atoms with van der Waals surface area (Å²) in [5.41, 5.74) is 0.230. The van der Waals surface area contributed by atoms with Crippen LogP contribution in [0.5, 0.6) is 0 Å². The Hall–Kier alpha value is 0.270.